The Kier molecular flexibility index (Phi) is 3.66. The Morgan fingerprint density at radius 1 is 1.17 bits per heavy atom. The van der Waals surface area contributed by atoms with Crippen LogP contribution < -0.4 is 0 Å². The quantitative estimate of drug-likeness (QED) is 0.690. The van der Waals surface area contributed by atoms with Gasteiger partial charge in [-0.25, -0.2) is 0 Å². The molecule has 3 fully saturated rings. The van der Waals surface area contributed by atoms with Gasteiger partial charge in [-0.15, -0.1) is 0 Å². The van der Waals surface area contributed by atoms with E-state index in [0.29, 0.717) is 23.2 Å². The summed E-state index contributed by atoms with van der Waals surface area (Å²) in [6.07, 6.45) is 14.7. The number of carbonyl (C=O) groups is 1. The van der Waals surface area contributed by atoms with E-state index in [0.717, 1.165) is 24.2 Å². The van der Waals surface area contributed by atoms with E-state index >= 15 is 0 Å². The molecule has 0 amide bonds. The number of carboxylic acid groups (broad SMARTS) is 1. The molecule has 3 saturated carbocycles. The van der Waals surface area contributed by atoms with Gasteiger partial charge in [-0.2, -0.15) is 0 Å². The van der Waals surface area contributed by atoms with Crippen molar-refractivity contribution >= 4 is 5.97 Å². The number of fused-ring (bicyclic) bond motifs is 5. The normalized spacial score (nSPS) is 48.9. The minimum Gasteiger partial charge on any atom is -0.481 e. The molecule has 0 aliphatic heterocycles. The molecule has 2 heteroatoms. The number of allylic oxidation sites excluding steroid dienone is 2. The van der Waals surface area contributed by atoms with E-state index in [4.69, 9.17) is 0 Å². The fourth-order valence-electron chi connectivity index (χ4n) is 7.41. The van der Waals surface area contributed by atoms with Gasteiger partial charge in [0.15, 0.2) is 0 Å². The van der Waals surface area contributed by atoms with Crippen LogP contribution in [0.3, 0.4) is 0 Å². The second-order valence-corrected chi connectivity index (χ2v) is 9.37. The van der Waals surface area contributed by atoms with Gasteiger partial charge in [-0.1, -0.05) is 25.5 Å². The number of rotatable bonds is 2. The lowest BCUT2D eigenvalue weighted by Gasteiger charge is -2.58. The molecule has 0 aromatic rings. The summed E-state index contributed by atoms with van der Waals surface area (Å²) in [5, 5.41) is 9.30. The SMILES string of the molecule is C[C@]12CCCC=C1CC[C@@H]1[C@@H]2CC[C@]2(C)C(CC(=O)O)CC[C@@H]12. The minimum absolute atomic E-state index is 0.297. The van der Waals surface area contributed by atoms with Crippen molar-refractivity contribution in [2.75, 3.05) is 0 Å². The highest BCUT2D eigenvalue weighted by atomic mass is 16.4. The van der Waals surface area contributed by atoms with Crippen molar-refractivity contribution in [2.24, 2.45) is 34.5 Å². The van der Waals surface area contributed by atoms with E-state index in [9.17, 15) is 9.90 Å². The van der Waals surface area contributed by atoms with Crippen LogP contribution in [-0.4, -0.2) is 11.1 Å². The first kappa shape index (κ1) is 15.7. The molecule has 4 aliphatic rings. The van der Waals surface area contributed by atoms with E-state index in [1.54, 1.807) is 5.57 Å². The van der Waals surface area contributed by atoms with E-state index in [1.807, 2.05) is 0 Å². The molecule has 1 N–H and O–H groups in total. The zero-order valence-corrected chi connectivity index (χ0v) is 14.8. The molecule has 4 rings (SSSR count). The monoisotopic (exact) mass is 316 g/mol. The van der Waals surface area contributed by atoms with Crippen LogP contribution in [0.15, 0.2) is 11.6 Å². The van der Waals surface area contributed by atoms with Gasteiger partial charge < -0.3 is 5.11 Å². The summed E-state index contributed by atoms with van der Waals surface area (Å²) >= 11 is 0. The van der Waals surface area contributed by atoms with Crippen molar-refractivity contribution in [2.45, 2.75) is 78.1 Å². The van der Waals surface area contributed by atoms with Gasteiger partial charge in [-0.05, 0) is 92.3 Å². The highest BCUT2D eigenvalue weighted by Crippen LogP contribution is 2.67. The Balaban J connectivity index is 1.61. The molecule has 128 valence electrons. The van der Waals surface area contributed by atoms with Gasteiger partial charge in [0.1, 0.15) is 0 Å². The summed E-state index contributed by atoms with van der Waals surface area (Å²) in [6.45, 7) is 4.99. The molecule has 23 heavy (non-hydrogen) atoms. The summed E-state index contributed by atoms with van der Waals surface area (Å²) < 4.78 is 0. The molecule has 0 heterocycles. The van der Waals surface area contributed by atoms with Crippen molar-refractivity contribution in [3.05, 3.63) is 11.6 Å². The third-order valence-electron chi connectivity index (χ3n) is 8.64. The summed E-state index contributed by atoms with van der Waals surface area (Å²) in [6, 6.07) is 0. The van der Waals surface area contributed by atoms with Crippen molar-refractivity contribution in [1.29, 1.82) is 0 Å². The third-order valence-corrected chi connectivity index (χ3v) is 8.64. The molecule has 0 saturated heterocycles. The van der Waals surface area contributed by atoms with E-state index in [1.165, 1.54) is 51.4 Å². The largest absolute Gasteiger partial charge is 0.481 e. The number of carboxylic acids is 1. The molecular weight excluding hydrogens is 284 g/mol. The third kappa shape index (κ3) is 2.23. The van der Waals surface area contributed by atoms with Crippen molar-refractivity contribution in [3.63, 3.8) is 0 Å². The van der Waals surface area contributed by atoms with E-state index in [2.05, 4.69) is 19.9 Å². The van der Waals surface area contributed by atoms with Crippen molar-refractivity contribution in [3.8, 4) is 0 Å². The molecule has 0 radical (unpaired) electrons. The maximum Gasteiger partial charge on any atom is 0.303 e. The van der Waals surface area contributed by atoms with Gasteiger partial charge in [0, 0.05) is 6.42 Å². The van der Waals surface area contributed by atoms with Crippen molar-refractivity contribution < 1.29 is 9.90 Å². The van der Waals surface area contributed by atoms with Gasteiger partial charge in [-0.3, -0.25) is 4.79 Å². The highest BCUT2D eigenvalue weighted by molar-refractivity contribution is 5.67. The maximum atomic E-state index is 11.3. The first-order chi connectivity index (χ1) is 10.9. The summed E-state index contributed by atoms with van der Waals surface area (Å²) in [5.74, 6) is 2.33. The predicted octanol–water partition coefficient (Wildman–Crippen LogP) is 5.43. The second-order valence-electron chi connectivity index (χ2n) is 9.37. The molecule has 0 aromatic carbocycles. The average molecular weight is 316 g/mol. The summed E-state index contributed by atoms with van der Waals surface area (Å²) in [4.78, 5) is 11.3. The Labute approximate surface area is 140 Å². The lowest BCUT2D eigenvalue weighted by molar-refractivity contribution is -0.140. The van der Waals surface area contributed by atoms with Gasteiger partial charge in [0.25, 0.3) is 0 Å². The van der Waals surface area contributed by atoms with Gasteiger partial charge in [0.05, 0.1) is 0 Å². The standard InChI is InChI=1S/C21H32O2/c1-20-11-4-3-5-14(20)6-8-16-17-9-7-15(13-19(22)23)21(17,2)12-10-18(16)20/h5,15-18H,3-4,6-13H2,1-2H3,(H,22,23)/t15?,16-,17-,18-,20-,21+/m0/s1. The molecule has 0 aromatic heterocycles. The smallest absolute Gasteiger partial charge is 0.303 e. The summed E-state index contributed by atoms with van der Waals surface area (Å²) in [7, 11) is 0. The molecule has 6 atom stereocenters. The second kappa shape index (κ2) is 5.36. The Morgan fingerprint density at radius 2 is 2.00 bits per heavy atom. The lowest BCUT2D eigenvalue weighted by Crippen LogP contribution is -2.50. The van der Waals surface area contributed by atoms with Crippen LogP contribution >= 0.6 is 0 Å². The zero-order valence-electron chi connectivity index (χ0n) is 14.8. The zero-order chi connectivity index (χ0) is 16.2. The van der Waals surface area contributed by atoms with Crippen LogP contribution in [0.25, 0.3) is 0 Å². The Hall–Kier alpha value is -0.790. The van der Waals surface area contributed by atoms with Crippen LogP contribution in [0.5, 0.6) is 0 Å². The molecule has 2 nitrogen and oxygen atoms in total. The maximum absolute atomic E-state index is 11.3. The van der Waals surface area contributed by atoms with Gasteiger partial charge >= 0.3 is 5.97 Å². The van der Waals surface area contributed by atoms with E-state index < -0.39 is 5.97 Å². The molecule has 1 unspecified atom stereocenters. The Morgan fingerprint density at radius 3 is 2.78 bits per heavy atom. The first-order valence-electron chi connectivity index (χ1n) is 9.86. The summed E-state index contributed by atoms with van der Waals surface area (Å²) in [5.41, 5.74) is 2.54. The van der Waals surface area contributed by atoms with Crippen LogP contribution in [0.1, 0.15) is 78.1 Å². The predicted molar refractivity (Wildman–Crippen MR) is 92.1 cm³/mol. The van der Waals surface area contributed by atoms with Gasteiger partial charge in [0.2, 0.25) is 0 Å². The molecular formula is C21H32O2. The fraction of sp³-hybridized carbons (Fsp3) is 0.857. The minimum atomic E-state index is -0.591. The van der Waals surface area contributed by atoms with Crippen LogP contribution in [0, 0.1) is 34.5 Å². The molecule has 0 bridgehead atoms. The van der Waals surface area contributed by atoms with E-state index in [-0.39, 0.29) is 0 Å². The molecule has 0 spiro atoms. The molecule has 4 aliphatic carbocycles. The Bertz CT molecular complexity index is 536. The highest BCUT2D eigenvalue weighted by Gasteiger charge is 2.58. The van der Waals surface area contributed by atoms with Crippen LogP contribution in [-0.2, 0) is 4.79 Å². The van der Waals surface area contributed by atoms with Crippen molar-refractivity contribution in [1.82, 2.24) is 0 Å². The topological polar surface area (TPSA) is 37.3 Å². The fourth-order valence-corrected chi connectivity index (χ4v) is 7.41. The number of hydrogen-bond acceptors (Lipinski definition) is 1. The first-order valence-corrected chi connectivity index (χ1v) is 9.86. The van der Waals surface area contributed by atoms with Crippen LogP contribution in [0.4, 0.5) is 0 Å². The van der Waals surface area contributed by atoms with Crippen LogP contribution in [0.2, 0.25) is 0 Å². The number of hydrogen-bond donors (Lipinski definition) is 1. The lowest BCUT2D eigenvalue weighted by atomic mass is 9.47. The average Bonchev–Trinajstić information content (AvgIpc) is 2.83. The number of aliphatic carboxylic acids is 1.